The normalized spacial score (nSPS) is 14.4. The van der Waals surface area contributed by atoms with Crippen LogP contribution in [-0.4, -0.2) is 51.2 Å². The summed E-state index contributed by atoms with van der Waals surface area (Å²) in [6, 6.07) is 12.7. The third kappa shape index (κ3) is 3.16. The number of para-hydroxylation sites is 2. The van der Waals surface area contributed by atoms with E-state index < -0.39 is 0 Å². The number of rotatable bonds is 4. The summed E-state index contributed by atoms with van der Waals surface area (Å²) in [5, 5.41) is 0.381. The van der Waals surface area contributed by atoms with Crippen LogP contribution in [0.1, 0.15) is 9.67 Å². The number of hydrogen-bond donors (Lipinski definition) is 0. The number of hydrogen-bond acceptors (Lipinski definition) is 5. The molecule has 0 aliphatic carbocycles. The number of benzene rings is 2. The molecule has 7 heteroatoms. The summed E-state index contributed by atoms with van der Waals surface area (Å²) in [6.45, 7) is 2.56. The SMILES string of the molecule is COc1ccccc1N1CCN(C(=O)c2sc3cccc(F)c3c2OC)CC1. The number of fused-ring (bicyclic) bond motifs is 1. The molecule has 0 unspecified atom stereocenters. The van der Waals surface area contributed by atoms with Gasteiger partial charge >= 0.3 is 0 Å². The fraction of sp³-hybridized carbons (Fsp3) is 0.286. The van der Waals surface area contributed by atoms with Gasteiger partial charge in [-0.3, -0.25) is 4.79 Å². The molecule has 2 heterocycles. The lowest BCUT2D eigenvalue weighted by molar-refractivity contribution is 0.0748. The highest BCUT2D eigenvalue weighted by Crippen LogP contribution is 2.40. The van der Waals surface area contributed by atoms with Crippen LogP contribution in [0.4, 0.5) is 10.1 Å². The number of amides is 1. The maximum atomic E-state index is 14.2. The molecule has 0 spiro atoms. The van der Waals surface area contributed by atoms with Gasteiger partial charge in [-0.1, -0.05) is 18.2 Å². The highest BCUT2D eigenvalue weighted by atomic mass is 32.1. The van der Waals surface area contributed by atoms with Crippen molar-refractivity contribution in [2.75, 3.05) is 45.3 Å². The van der Waals surface area contributed by atoms with Crippen molar-refractivity contribution in [3.63, 3.8) is 0 Å². The third-order valence-electron chi connectivity index (χ3n) is 5.01. The Morgan fingerprint density at radius 2 is 1.75 bits per heavy atom. The van der Waals surface area contributed by atoms with Gasteiger partial charge in [-0.05, 0) is 24.3 Å². The third-order valence-corrected chi connectivity index (χ3v) is 6.14. The topological polar surface area (TPSA) is 42.0 Å². The molecule has 0 atom stereocenters. The molecule has 2 aromatic carbocycles. The number of ether oxygens (including phenoxy) is 2. The van der Waals surface area contributed by atoms with E-state index in [4.69, 9.17) is 9.47 Å². The maximum absolute atomic E-state index is 14.2. The predicted molar refractivity (Wildman–Crippen MR) is 109 cm³/mol. The smallest absolute Gasteiger partial charge is 0.267 e. The summed E-state index contributed by atoms with van der Waals surface area (Å²) in [4.78, 5) is 17.6. The molecule has 28 heavy (non-hydrogen) atoms. The minimum atomic E-state index is -0.370. The zero-order chi connectivity index (χ0) is 19.7. The summed E-state index contributed by atoms with van der Waals surface area (Å²) >= 11 is 1.28. The van der Waals surface area contributed by atoms with Crippen molar-refractivity contribution in [2.45, 2.75) is 0 Å². The Hall–Kier alpha value is -2.80. The number of thiophene rings is 1. The Morgan fingerprint density at radius 1 is 1.00 bits per heavy atom. The van der Waals surface area contributed by atoms with E-state index in [0.717, 1.165) is 11.4 Å². The average Bonchev–Trinajstić information content (AvgIpc) is 3.13. The van der Waals surface area contributed by atoms with Gasteiger partial charge in [-0.25, -0.2) is 4.39 Å². The second-order valence-corrected chi connectivity index (χ2v) is 7.58. The number of methoxy groups -OCH3 is 2. The number of nitrogens with zero attached hydrogens (tertiary/aromatic N) is 2. The van der Waals surface area contributed by atoms with Crippen molar-refractivity contribution in [3.05, 3.63) is 53.2 Å². The minimum Gasteiger partial charge on any atom is -0.495 e. The summed E-state index contributed by atoms with van der Waals surface area (Å²) in [6.07, 6.45) is 0. The highest BCUT2D eigenvalue weighted by Gasteiger charge is 2.28. The number of piperazine rings is 1. The van der Waals surface area contributed by atoms with Crippen molar-refractivity contribution in [3.8, 4) is 11.5 Å². The largest absolute Gasteiger partial charge is 0.495 e. The average molecular weight is 400 g/mol. The van der Waals surface area contributed by atoms with Crippen LogP contribution in [0, 0.1) is 5.82 Å². The molecule has 146 valence electrons. The molecule has 0 radical (unpaired) electrons. The van der Waals surface area contributed by atoms with Gasteiger partial charge in [0.05, 0.1) is 25.3 Å². The summed E-state index contributed by atoms with van der Waals surface area (Å²) in [5.74, 6) is 0.668. The van der Waals surface area contributed by atoms with Crippen LogP contribution in [0.25, 0.3) is 10.1 Å². The first kappa shape index (κ1) is 18.6. The van der Waals surface area contributed by atoms with Crippen LogP contribution in [0.5, 0.6) is 11.5 Å². The van der Waals surface area contributed by atoms with Gasteiger partial charge in [-0.2, -0.15) is 0 Å². The first-order valence-electron chi connectivity index (χ1n) is 9.06. The Balaban J connectivity index is 1.55. The van der Waals surface area contributed by atoms with Gasteiger partial charge in [0.25, 0.3) is 5.91 Å². The number of carbonyl (C=O) groups is 1. The van der Waals surface area contributed by atoms with Gasteiger partial charge in [-0.15, -0.1) is 11.3 Å². The molecule has 1 amide bonds. The van der Waals surface area contributed by atoms with E-state index in [2.05, 4.69) is 4.90 Å². The van der Waals surface area contributed by atoms with Crippen LogP contribution >= 0.6 is 11.3 Å². The number of carbonyl (C=O) groups excluding carboxylic acids is 1. The molecule has 1 aromatic heterocycles. The molecule has 0 saturated carbocycles. The van der Waals surface area contributed by atoms with E-state index in [1.165, 1.54) is 24.5 Å². The van der Waals surface area contributed by atoms with Crippen LogP contribution in [0.3, 0.4) is 0 Å². The Bertz CT molecular complexity index is 1010. The molecule has 5 nitrogen and oxygen atoms in total. The van der Waals surface area contributed by atoms with Crippen LogP contribution in [-0.2, 0) is 0 Å². The van der Waals surface area contributed by atoms with E-state index >= 15 is 0 Å². The molecule has 0 bridgehead atoms. The number of anilines is 1. The van der Waals surface area contributed by atoms with Crippen molar-refractivity contribution in [1.82, 2.24) is 4.90 Å². The monoisotopic (exact) mass is 400 g/mol. The molecule has 1 aliphatic heterocycles. The Labute approximate surface area is 166 Å². The predicted octanol–water partition coefficient (Wildman–Crippen LogP) is 4.02. The van der Waals surface area contributed by atoms with Gasteiger partial charge in [0.1, 0.15) is 16.4 Å². The van der Waals surface area contributed by atoms with E-state index in [1.54, 1.807) is 18.1 Å². The fourth-order valence-electron chi connectivity index (χ4n) is 3.60. The van der Waals surface area contributed by atoms with Crippen molar-refractivity contribution >= 4 is 33.0 Å². The second-order valence-electron chi connectivity index (χ2n) is 6.53. The van der Waals surface area contributed by atoms with E-state index in [-0.39, 0.29) is 11.7 Å². The van der Waals surface area contributed by atoms with E-state index in [9.17, 15) is 9.18 Å². The molecular formula is C21H21FN2O3S. The second kappa shape index (κ2) is 7.67. The first-order chi connectivity index (χ1) is 13.6. The summed E-state index contributed by atoms with van der Waals surface area (Å²) in [7, 11) is 3.13. The first-order valence-corrected chi connectivity index (χ1v) is 9.88. The Kier molecular flexibility index (Phi) is 5.09. The number of halogens is 1. The molecule has 1 fully saturated rings. The molecule has 0 N–H and O–H groups in total. The standard InChI is InChI=1S/C21H21FN2O3S/c1-26-16-8-4-3-7-15(16)23-10-12-24(13-11-23)21(25)20-19(27-2)18-14(22)6-5-9-17(18)28-20/h3-9H,10-13H2,1-2H3. The summed E-state index contributed by atoms with van der Waals surface area (Å²) in [5.41, 5.74) is 1.03. The van der Waals surface area contributed by atoms with Crippen LogP contribution < -0.4 is 14.4 Å². The van der Waals surface area contributed by atoms with Crippen molar-refractivity contribution in [1.29, 1.82) is 0 Å². The molecular weight excluding hydrogens is 379 g/mol. The van der Waals surface area contributed by atoms with Gasteiger partial charge in [0, 0.05) is 30.9 Å². The molecule has 4 rings (SSSR count). The molecule has 1 aliphatic rings. The van der Waals surface area contributed by atoms with E-state index in [0.29, 0.717) is 46.9 Å². The van der Waals surface area contributed by atoms with Gasteiger partial charge < -0.3 is 19.3 Å². The van der Waals surface area contributed by atoms with Crippen molar-refractivity contribution < 1.29 is 18.7 Å². The zero-order valence-electron chi connectivity index (χ0n) is 15.8. The maximum Gasteiger partial charge on any atom is 0.267 e. The van der Waals surface area contributed by atoms with Crippen molar-refractivity contribution in [2.24, 2.45) is 0 Å². The van der Waals surface area contributed by atoms with Gasteiger partial charge in [0.2, 0.25) is 0 Å². The van der Waals surface area contributed by atoms with E-state index in [1.807, 2.05) is 30.3 Å². The Morgan fingerprint density at radius 3 is 2.46 bits per heavy atom. The lowest BCUT2D eigenvalue weighted by atomic mass is 10.2. The lowest BCUT2D eigenvalue weighted by Gasteiger charge is -2.36. The quantitative estimate of drug-likeness (QED) is 0.663. The van der Waals surface area contributed by atoms with Crippen LogP contribution in [0.15, 0.2) is 42.5 Å². The highest BCUT2D eigenvalue weighted by molar-refractivity contribution is 7.21. The molecule has 1 saturated heterocycles. The molecule has 3 aromatic rings. The lowest BCUT2D eigenvalue weighted by Crippen LogP contribution is -2.48. The minimum absolute atomic E-state index is 0.114. The zero-order valence-corrected chi connectivity index (χ0v) is 16.6. The fourth-order valence-corrected chi connectivity index (χ4v) is 4.75. The van der Waals surface area contributed by atoms with Gasteiger partial charge in [0.15, 0.2) is 5.75 Å². The van der Waals surface area contributed by atoms with Crippen LogP contribution in [0.2, 0.25) is 0 Å². The summed E-state index contributed by atoms with van der Waals surface area (Å²) < 4.78 is 25.8.